The predicted octanol–water partition coefficient (Wildman–Crippen LogP) is 1.33. The van der Waals surface area contributed by atoms with E-state index in [1.807, 2.05) is 30.3 Å². The van der Waals surface area contributed by atoms with Gasteiger partial charge < -0.3 is 15.9 Å². The molecule has 0 amide bonds. The highest BCUT2D eigenvalue weighted by Gasteiger charge is 2.19. The Balaban J connectivity index is 0.000000400. The summed E-state index contributed by atoms with van der Waals surface area (Å²) in [6, 6.07) is 8.54. The lowest BCUT2D eigenvalue weighted by Gasteiger charge is -2.04. The molecule has 0 saturated heterocycles. The van der Waals surface area contributed by atoms with Gasteiger partial charge in [0.2, 0.25) is 0 Å². The van der Waals surface area contributed by atoms with Gasteiger partial charge in [-0.05, 0) is 25.3 Å². The maximum absolute atomic E-state index is 10.4. The van der Waals surface area contributed by atoms with Crippen LogP contribution in [0.5, 0.6) is 0 Å². The molecule has 0 fully saturated rings. The summed E-state index contributed by atoms with van der Waals surface area (Å²) in [4.78, 5) is 31.0. The van der Waals surface area contributed by atoms with Gasteiger partial charge in [0, 0.05) is 0 Å². The van der Waals surface area contributed by atoms with Crippen LogP contribution in [0.3, 0.4) is 0 Å². The number of carboxylic acids is 2. The molecule has 0 saturated carbocycles. The Labute approximate surface area is 123 Å². The molecule has 0 spiro atoms. The molecule has 0 radical (unpaired) electrons. The van der Waals surface area contributed by atoms with E-state index in [1.165, 1.54) is 6.92 Å². The van der Waals surface area contributed by atoms with Crippen molar-refractivity contribution in [2.75, 3.05) is 0 Å². The number of Topliss-reactive ketones (excluding diaryl/α,β-unsaturated/α-hetero) is 1. The zero-order valence-corrected chi connectivity index (χ0v) is 12.2. The van der Waals surface area contributed by atoms with E-state index in [2.05, 4.69) is 0 Å². The molecule has 21 heavy (non-hydrogen) atoms. The Hall–Kier alpha value is -2.21. The minimum Gasteiger partial charge on any atom is -0.481 e. The average Bonchev–Trinajstić information content (AvgIpc) is 2.40. The van der Waals surface area contributed by atoms with Crippen molar-refractivity contribution >= 4 is 17.7 Å². The van der Waals surface area contributed by atoms with Crippen molar-refractivity contribution in [1.29, 1.82) is 0 Å². The third-order valence-electron chi connectivity index (χ3n) is 2.81. The minimum atomic E-state index is -1.02. The van der Waals surface area contributed by atoms with Crippen molar-refractivity contribution in [3.8, 4) is 0 Å². The Kier molecular flexibility index (Phi) is 8.64. The summed E-state index contributed by atoms with van der Waals surface area (Å²) in [5.41, 5.74) is 6.30. The first-order valence-electron chi connectivity index (χ1n) is 6.55. The van der Waals surface area contributed by atoms with E-state index in [4.69, 9.17) is 15.9 Å². The maximum atomic E-state index is 10.4. The van der Waals surface area contributed by atoms with E-state index < -0.39 is 23.9 Å². The molecular formula is C15H21NO5. The van der Waals surface area contributed by atoms with Crippen LogP contribution >= 0.6 is 0 Å². The van der Waals surface area contributed by atoms with E-state index in [1.54, 1.807) is 6.92 Å². The Morgan fingerprint density at radius 1 is 1.10 bits per heavy atom. The molecule has 116 valence electrons. The summed E-state index contributed by atoms with van der Waals surface area (Å²) in [7, 11) is 0. The topological polar surface area (TPSA) is 118 Å². The van der Waals surface area contributed by atoms with Gasteiger partial charge in [0.05, 0.1) is 0 Å². The number of carbonyl (C=O) groups excluding carboxylic acids is 1. The fourth-order valence-corrected chi connectivity index (χ4v) is 1.59. The molecule has 1 aromatic carbocycles. The van der Waals surface area contributed by atoms with Crippen LogP contribution in [0.4, 0.5) is 0 Å². The molecule has 0 aliphatic carbocycles. The molecule has 0 heterocycles. The van der Waals surface area contributed by atoms with Gasteiger partial charge in [-0.25, -0.2) is 0 Å². The van der Waals surface area contributed by atoms with E-state index in [0.717, 1.165) is 5.56 Å². The highest BCUT2D eigenvalue weighted by Crippen LogP contribution is 2.02. The van der Waals surface area contributed by atoms with Crippen molar-refractivity contribution in [3.63, 3.8) is 0 Å². The van der Waals surface area contributed by atoms with Gasteiger partial charge in [-0.3, -0.25) is 14.4 Å². The first-order chi connectivity index (χ1) is 9.79. The summed E-state index contributed by atoms with van der Waals surface area (Å²) >= 11 is 0. The number of aliphatic carboxylic acids is 2. The molecular weight excluding hydrogens is 274 g/mol. The van der Waals surface area contributed by atoms with E-state index in [-0.39, 0.29) is 5.78 Å². The van der Waals surface area contributed by atoms with Crippen LogP contribution in [-0.2, 0) is 20.8 Å². The molecule has 0 aromatic heterocycles. The second kappa shape index (κ2) is 9.66. The van der Waals surface area contributed by atoms with Gasteiger partial charge in [-0.2, -0.15) is 0 Å². The van der Waals surface area contributed by atoms with Gasteiger partial charge in [0.25, 0.3) is 0 Å². The first kappa shape index (κ1) is 18.8. The fraction of sp³-hybridized carbons (Fsp3) is 0.400. The second-order valence-corrected chi connectivity index (χ2v) is 4.54. The maximum Gasteiger partial charge on any atom is 0.320 e. The van der Waals surface area contributed by atoms with Crippen molar-refractivity contribution < 1.29 is 24.6 Å². The molecule has 0 aliphatic rings. The lowest BCUT2D eigenvalue weighted by molar-refractivity contribution is -0.146. The minimum absolute atomic E-state index is 0.273. The SMILES string of the molecule is CCC(C(C)=O)C(=O)O.N[C@@H](Cc1ccccc1)C(=O)O. The van der Waals surface area contributed by atoms with Crippen LogP contribution in [0, 0.1) is 5.92 Å². The normalized spacial score (nSPS) is 12.5. The molecule has 6 heteroatoms. The number of nitrogens with two attached hydrogens (primary N) is 1. The summed E-state index contributed by atoms with van der Waals surface area (Å²) < 4.78 is 0. The van der Waals surface area contributed by atoms with E-state index in [0.29, 0.717) is 12.8 Å². The smallest absolute Gasteiger partial charge is 0.320 e. The third kappa shape index (κ3) is 7.84. The van der Waals surface area contributed by atoms with E-state index in [9.17, 15) is 14.4 Å². The van der Waals surface area contributed by atoms with Gasteiger partial charge in [0.1, 0.15) is 17.7 Å². The van der Waals surface area contributed by atoms with Crippen molar-refractivity contribution in [2.45, 2.75) is 32.7 Å². The molecule has 1 rings (SSSR count). The first-order valence-corrected chi connectivity index (χ1v) is 6.55. The van der Waals surface area contributed by atoms with Gasteiger partial charge in [0.15, 0.2) is 0 Å². The van der Waals surface area contributed by atoms with Crippen molar-refractivity contribution in [3.05, 3.63) is 35.9 Å². The highest BCUT2D eigenvalue weighted by atomic mass is 16.4. The zero-order valence-electron chi connectivity index (χ0n) is 12.2. The Morgan fingerprint density at radius 2 is 1.62 bits per heavy atom. The number of carbonyl (C=O) groups is 3. The molecule has 2 atom stereocenters. The molecule has 4 N–H and O–H groups in total. The van der Waals surface area contributed by atoms with Crippen LogP contribution in [0.25, 0.3) is 0 Å². The van der Waals surface area contributed by atoms with Crippen LogP contribution in [0.15, 0.2) is 30.3 Å². The third-order valence-corrected chi connectivity index (χ3v) is 2.81. The van der Waals surface area contributed by atoms with Crippen molar-refractivity contribution in [2.24, 2.45) is 11.7 Å². The van der Waals surface area contributed by atoms with Gasteiger partial charge in [-0.15, -0.1) is 0 Å². The quantitative estimate of drug-likeness (QED) is 0.681. The van der Waals surface area contributed by atoms with Gasteiger partial charge in [-0.1, -0.05) is 37.3 Å². The Bertz CT molecular complexity index is 458. The molecule has 6 nitrogen and oxygen atoms in total. The largest absolute Gasteiger partial charge is 0.481 e. The highest BCUT2D eigenvalue weighted by molar-refractivity contribution is 5.96. The average molecular weight is 295 g/mol. The van der Waals surface area contributed by atoms with Crippen LogP contribution in [0.1, 0.15) is 25.8 Å². The molecule has 1 aromatic rings. The number of hydrogen-bond acceptors (Lipinski definition) is 4. The monoisotopic (exact) mass is 295 g/mol. The zero-order chi connectivity index (χ0) is 16.4. The number of ketones is 1. The lowest BCUT2D eigenvalue weighted by atomic mass is 10.0. The molecule has 0 aliphatic heterocycles. The molecule has 1 unspecified atom stereocenters. The summed E-state index contributed by atoms with van der Waals surface area (Å²) in [6.07, 6.45) is 0.765. The number of rotatable bonds is 6. The Morgan fingerprint density at radius 3 is 1.90 bits per heavy atom. The second-order valence-electron chi connectivity index (χ2n) is 4.54. The number of carboxylic acid groups (broad SMARTS) is 2. The standard InChI is InChI=1S/C9H11NO2.C6H10O3/c10-8(9(11)12)6-7-4-2-1-3-5-7;1-3-5(4(2)7)6(8)9/h1-5,8H,6,10H2,(H,11,12);5H,3H2,1-2H3,(H,8,9)/t8-;/m0./s1. The van der Waals surface area contributed by atoms with Crippen LogP contribution < -0.4 is 5.73 Å². The summed E-state index contributed by atoms with van der Waals surface area (Å²) in [6.45, 7) is 2.97. The van der Waals surface area contributed by atoms with Crippen LogP contribution in [0.2, 0.25) is 0 Å². The van der Waals surface area contributed by atoms with Crippen LogP contribution in [-0.4, -0.2) is 34.0 Å². The van der Waals surface area contributed by atoms with E-state index >= 15 is 0 Å². The van der Waals surface area contributed by atoms with Crippen molar-refractivity contribution in [1.82, 2.24) is 0 Å². The summed E-state index contributed by atoms with van der Waals surface area (Å²) in [5, 5.41) is 16.8. The number of benzene rings is 1. The fourth-order valence-electron chi connectivity index (χ4n) is 1.59. The predicted molar refractivity (Wildman–Crippen MR) is 77.9 cm³/mol. The summed E-state index contributed by atoms with van der Waals surface area (Å²) in [5.74, 6) is -3.06. The number of hydrogen-bond donors (Lipinski definition) is 3. The van der Waals surface area contributed by atoms with Gasteiger partial charge >= 0.3 is 11.9 Å². The lowest BCUT2D eigenvalue weighted by Crippen LogP contribution is -2.32. The molecule has 0 bridgehead atoms.